The van der Waals surface area contributed by atoms with Gasteiger partial charge in [-0.15, -0.1) is 0 Å². The number of rotatable bonds is 3. The van der Waals surface area contributed by atoms with Crippen LogP contribution in [0.5, 0.6) is 0 Å². The van der Waals surface area contributed by atoms with Gasteiger partial charge in [0.2, 0.25) is 0 Å². The highest BCUT2D eigenvalue weighted by molar-refractivity contribution is 4.85. The first-order chi connectivity index (χ1) is 4.63. The summed E-state index contributed by atoms with van der Waals surface area (Å²) in [7, 11) is 0. The third kappa shape index (κ3) is 1.67. The van der Waals surface area contributed by atoms with Crippen LogP contribution in [0.3, 0.4) is 0 Å². The predicted octanol–water partition coefficient (Wildman–Crippen LogP) is -1.51. The average Bonchev–Trinajstić information content (AvgIpc) is 2.65. The van der Waals surface area contributed by atoms with Crippen molar-refractivity contribution in [3.05, 3.63) is 0 Å². The fraction of sp³-hybridized carbons (Fsp3) is 1.00. The standard InChI is InChI=1S/C6H12O4/c1-3(7)5(8)6(9)4-2-10-4/h3-9H,2H2,1H3. The van der Waals surface area contributed by atoms with Crippen molar-refractivity contribution in [1.82, 2.24) is 0 Å². The Balaban J connectivity index is 2.30. The molecule has 3 N–H and O–H groups in total. The van der Waals surface area contributed by atoms with E-state index in [1.165, 1.54) is 6.92 Å². The Morgan fingerprint density at radius 1 is 1.40 bits per heavy atom. The fourth-order valence-electron chi connectivity index (χ4n) is 0.758. The van der Waals surface area contributed by atoms with Gasteiger partial charge in [-0.2, -0.15) is 0 Å². The molecule has 0 aromatic rings. The van der Waals surface area contributed by atoms with Crippen molar-refractivity contribution >= 4 is 0 Å². The van der Waals surface area contributed by atoms with Gasteiger partial charge >= 0.3 is 0 Å². The number of epoxide rings is 1. The number of ether oxygens (including phenoxy) is 1. The number of aliphatic hydroxyl groups excluding tert-OH is 3. The molecule has 0 spiro atoms. The molecule has 1 aliphatic rings. The van der Waals surface area contributed by atoms with Crippen LogP contribution < -0.4 is 0 Å². The molecule has 1 heterocycles. The second-order valence-corrected chi connectivity index (χ2v) is 2.59. The van der Waals surface area contributed by atoms with Crippen LogP contribution in [0.15, 0.2) is 0 Å². The monoisotopic (exact) mass is 148 g/mol. The lowest BCUT2D eigenvalue weighted by atomic mass is 10.1. The molecule has 0 aromatic heterocycles. The summed E-state index contributed by atoms with van der Waals surface area (Å²) < 4.78 is 4.72. The van der Waals surface area contributed by atoms with Crippen molar-refractivity contribution in [2.24, 2.45) is 0 Å². The summed E-state index contributed by atoms with van der Waals surface area (Å²) in [6.07, 6.45) is -3.21. The SMILES string of the molecule is CC(O)C(O)C(O)C1CO1. The first-order valence-corrected chi connectivity index (χ1v) is 3.28. The Hall–Kier alpha value is -0.160. The van der Waals surface area contributed by atoms with E-state index < -0.39 is 18.3 Å². The molecule has 4 atom stereocenters. The second kappa shape index (κ2) is 2.84. The zero-order valence-electron chi connectivity index (χ0n) is 5.77. The topological polar surface area (TPSA) is 73.2 Å². The van der Waals surface area contributed by atoms with Crippen LogP contribution in [-0.4, -0.2) is 46.3 Å². The van der Waals surface area contributed by atoms with Crippen LogP contribution in [0.1, 0.15) is 6.92 Å². The van der Waals surface area contributed by atoms with Gasteiger partial charge in [0.05, 0.1) is 12.7 Å². The summed E-state index contributed by atoms with van der Waals surface area (Å²) >= 11 is 0. The summed E-state index contributed by atoms with van der Waals surface area (Å²) in [4.78, 5) is 0. The number of hydrogen-bond donors (Lipinski definition) is 3. The summed E-state index contributed by atoms with van der Waals surface area (Å²) in [5.74, 6) is 0. The van der Waals surface area contributed by atoms with E-state index in [0.29, 0.717) is 6.61 Å². The summed E-state index contributed by atoms with van der Waals surface area (Å²) in [6, 6.07) is 0. The van der Waals surface area contributed by atoms with Crippen LogP contribution in [0.2, 0.25) is 0 Å². The molecule has 0 bridgehead atoms. The Kier molecular flexibility index (Phi) is 2.25. The van der Waals surface area contributed by atoms with Crippen LogP contribution in [0, 0.1) is 0 Å². The van der Waals surface area contributed by atoms with Gasteiger partial charge in [0.1, 0.15) is 18.3 Å². The van der Waals surface area contributed by atoms with Gasteiger partial charge in [-0.1, -0.05) is 0 Å². The molecule has 0 aromatic carbocycles. The summed E-state index contributed by atoms with van der Waals surface area (Å²) in [6.45, 7) is 1.90. The molecule has 0 radical (unpaired) electrons. The minimum Gasteiger partial charge on any atom is -0.391 e. The quantitative estimate of drug-likeness (QED) is 0.425. The van der Waals surface area contributed by atoms with Crippen LogP contribution in [0.4, 0.5) is 0 Å². The normalized spacial score (nSPS) is 33.0. The van der Waals surface area contributed by atoms with E-state index in [0.717, 1.165) is 0 Å². The van der Waals surface area contributed by atoms with Gasteiger partial charge in [0.15, 0.2) is 0 Å². The highest BCUT2D eigenvalue weighted by Crippen LogP contribution is 2.17. The lowest BCUT2D eigenvalue weighted by Gasteiger charge is -2.17. The molecular formula is C6H12O4. The van der Waals surface area contributed by atoms with Gasteiger partial charge in [-0.25, -0.2) is 0 Å². The molecule has 1 rings (SSSR count). The predicted molar refractivity (Wildman–Crippen MR) is 33.4 cm³/mol. The minimum absolute atomic E-state index is 0.274. The van der Waals surface area contributed by atoms with E-state index in [9.17, 15) is 0 Å². The average molecular weight is 148 g/mol. The van der Waals surface area contributed by atoms with E-state index in [1.54, 1.807) is 0 Å². The Morgan fingerprint density at radius 2 is 1.90 bits per heavy atom. The van der Waals surface area contributed by atoms with Crippen molar-refractivity contribution in [1.29, 1.82) is 0 Å². The Labute approximate surface area is 59.1 Å². The molecule has 4 unspecified atom stereocenters. The molecular weight excluding hydrogens is 136 g/mol. The maximum absolute atomic E-state index is 9.09. The van der Waals surface area contributed by atoms with Crippen molar-refractivity contribution < 1.29 is 20.1 Å². The minimum atomic E-state index is -1.09. The highest BCUT2D eigenvalue weighted by Gasteiger charge is 2.37. The maximum Gasteiger partial charge on any atom is 0.111 e. The highest BCUT2D eigenvalue weighted by atomic mass is 16.6. The van der Waals surface area contributed by atoms with Gasteiger partial charge in [0, 0.05) is 0 Å². The van der Waals surface area contributed by atoms with Crippen LogP contribution >= 0.6 is 0 Å². The molecule has 0 aliphatic carbocycles. The van der Waals surface area contributed by atoms with Gasteiger partial charge < -0.3 is 20.1 Å². The van der Waals surface area contributed by atoms with Gasteiger partial charge in [0.25, 0.3) is 0 Å². The molecule has 4 heteroatoms. The van der Waals surface area contributed by atoms with Gasteiger partial charge in [-0.05, 0) is 6.92 Å². The zero-order valence-corrected chi connectivity index (χ0v) is 5.77. The number of hydrogen-bond acceptors (Lipinski definition) is 4. The van der Waals surface area contributed by atoms with Crippen molar-refractivity contribution in [2.45, 2.75) is 31.3 Å². The van der Waals surface area contributed by atoms with Gasteiger partial charge in [-0.3, -0.25) is 0 Å². The van der Waals surface area contributed by atoms with Crippen LogP contribution in [0.25, 0.3) is 0 Å². The largest absolute Gasteiger partial charge is 0.391 e. The van der Waals surface area contributed by atoms with E-state index in [1.807, 2.05) is 0 Å². The van der Waals surface area contributed by atoms with Crippen molar-refractivity contribution in [3.8, 4) is 0 Å². The van der Waals surface area contributed by atoms with Crippen molar-refractivity contribution in [2.75, 3.05) is 6.61 Å². The van der Waals surface area contributed by atoms with Crippen molar-refractivity contribution in [3.63, 3.8) is 0 Å². The lowest BCUT2D eigenvalue weighted by molar-refractivity contribution is -0.0607. The fourth-order valence-corrected chi connectivity index (χ4v) is 0.758. The lowest BCUT2D eigenvalue weighted by Crippen LogP contribution is -2.38. The third-order valence-electron chi connectivity index (χ3n) is 1.58. The molecule has 0 amide bonds. The Morgan fingerprint density at radius 3 is 2.20 bits per heavy atom. The molecule has 60 valence electrons. The first-order valence-electron chi connectivity index (χ1n) is 3.28. The van der Waals surface area contributed by atoms with E-state index >= 15 is 0 Å². The molecule has 4 nitrogen and oxygen atoms in total. The van der Waals surface area contributed by atoms with Crippen LogP contribution in [-0.2, 0) is 4.74 Å². The molecule has 1 fully saturated rings. The summed E-state index contributed by atoms with van der Waals surface area (Å²) in [5, 5.41) is 26.9. The smallest absolute Gasteiger partial charge is 0.111 e. The number of aliphatic hydroxyl groups is 3. The molecule has 1 aliphatic heterocycles. The molecule has 1 saturated heterocycles. The first kappa shape index (κ1) is 7.94. The van der Waals surface area contributed by atoms with E-state index in [4.69, 9.17) is 20.1 Å². The Bertz CT molecular complexity index is 104. The zero-order chi connectivity index (χ0) is 7.72. The third-order valence-corrected chi connectivity index (χ3v) is 1.58. The molecule has 10 heavy (non-hydrogen) atoms. The van der Waals surface area contributed by atoms with E-state index in [2.05, 4.69) is 0 Å². The molecule has 0 saturated carbocycles. The second-order valence-electron chi connectivity index (χ2n) is 2.59. The maximum atomic E-state index is 9.09. The van der Waals surface area contributed by atoms with E-state index in [-0.39, 0.29) is 6.10 Å². The summed E-state index contributed by atoms with van der Waals surface area (Å²) in [5.41, 5.74) is 0.